The molecule has 0 aliphatic heterocycles. The van der Waals surface area contributed by atoms with Crippen LogP contribution in [0.1, 0.15) is 45.2 Å². The number of halogens is 1. The van der Waals surface area contributed by atoms with Gasteiger partial charge in [0.15, 0.2) is 11.6 Å². The van der Waals surface area contributed by atoms with Crippen molar-refractivity contribution in [1.82, 2.24) is 9.97 Å². The lowest BCUT2D eigenvalue weighted by Gasteiger charge is -2.37. The number of nitrogens with zero attached hydrogens (tertiary/aromatic N) is 2. The summed E-state index contributed by atoms with van der Waals surface area (Å²) in [4.78, 5) is 19.4. The van der Waals surface area contributed by atoms with E-state index >= 15 is 0 Å². The summed E-state index contributed by atoms with van der Waals surface area (Å²) in [5.74, 6) is -1.20. The largest absolute Gasteiger partial charge is 0.480 e. The van der Waals surface area contributed by atoms with Crippen molar-refractivity contribution in [3.8, 4) is 0 Å². The molecule has 0 bridgehead atoms. The predicted octanol–water partition coefficient (Wildman–Crippen LogP) is 2.62. The summed E-state index contributed by atoms with van der Waals surface area (Å²) in [5, 5.41) is 12.4. The number of aromatic nitrogens is 2. The molecule has 0 spiro atoms. The van der Waals surface area contributed by atoms with Gasteiger partial charge >= 0.3 is 5.97 Å². The highest BCUT2D eigenvalue weighted by Crippen LogP contribution is 2.35. The average molecular weight is 281 g/mol. The van der Waals surface area contributed by atoms with Crippen LogP contribution in [0, 0.1) is 11.7 Å². The molecule has 20 heavy (non-hydrogen) atoms. The molecule has 1 aliphatic carbocycles. The Morgan fingerprint density at radius 3 is 2.95 bits per heavy atom. The summed E-state index contributed by atoms with van der Waals surface area (Å²) < 4.78 is 14.2. The molecule has 2 N–H and O–H groups in total. The Bertz CT molecular complexity index is 509. The van der Waals surface area contributed by atoms with E-state index in [1.807, 2.05) is 6.92 Å². The zero-order chi connectivity index (χ0) is 14.8. The van der Waals surface area contributed by atoms with Crippen LogP contribution in [0.5, 0.6) is 0 Å². The van der Waals surface area contributed by atoms with E-state index in [1.54, 1.807) is 6.92 Å². The Kier molecular flexibility index (Phi) is 4.20. The second-order valence-electron chi connectivity index (χ2n) is 5.55. The van der Waals surface area contributed by atoms with Crippen molar-refractivity contribution in [3.05, 3.63) is 17.8 Å². The third-order valence-corrected chi connectivity index (χ3v) is 3.96. The maximum absolute atomic E-state index is 14.2. The zero-order valence-electron chi connectivity index (χ0n) is 11.8. The van der Waals surface area contributed by atoms with Crippen LogP contribution in [0.3, 0.4) is 0 Å². The third-order valence-electron chi connectivity index (χ3n) is 3.96. The number of hydrogen-bond donors (Lipinski definition) is 2. The van der Waals surface area contributed by atoms with Gasteiger partial charge in [-0.25, -0.2) is 19.2 Å². The zero-order valence-corrected chi connectivity index (χ0v) is 11.8. The Balaban J connectivity index is 2.31. The van der Waals surface area contributed by atoms with Gasteiger partial charge in [0.05, 0.1) is 5.69 Å². The van der Waals surface area contributed by atoms with Crippen LogP contribution in [-0.4, -0.2) is 26.6 Å². The van der Waals surface area contributed by atoms with Gasteiger partial charge in [0, 0.05) is 0 Å². The van der Waals surface area contributed by atoms with E-state index in [9.17, 15) is 14.3 Å². The molecular formula is C14H20FN3O2. The van der Waals surface area contributed by atoms with Crippen LogP contribution in [-0.2, 0) is 11.2 Å². The van der Waals surface area contributed by atoms with Crippen molar-refractivity contribution < 1.29 is 14.3 Å². The van der Waals surface area contributed by atoms with Crippen molar-refractivity contribution in [3.63, 3.8) is 0 Å². The summed E-state index contributed by atoms with van der Waals surface area (Å²) in [7, 11) is 0. The third kappa shape index (κ3) is 2.73. The fraction of sp³-hybridized carbons (Fsp3) is 0.643. The number of carboxylic acids is 1. The van der Waals surface area contributed by atoms with Gasteiger partial charge in [-0.3, -0.25) is 0 Å². The van der Waals surface area contributed by atoms with E-state index in [4.69, 9.17) is 0 Å². The SMILES string of the molecule is CCc1ncnc(NC2(C(=O)O)CCCC(C)C2)c1F. The van der Waals surface area contributed by atoms with E-state index in [1.165, 1.54) is 6.33 Å². The topological polar surface area (TPSA) is 75.1 Å². The molecule has 0 aromatic carbocycles. The van der Waals surface area contributed by atoms with Crippen LogP contribution in [0.2, 0.25) is 0 Å². The van der Waals surface area contributed by atoms with Gasteiger partial charge in [-0.15, -0.1) is 0 Å². The average Bonchev–Trinajstić information content (AvgIpc) is 2.41. The molecule has 1 aliphatic rings. The van der Waals surface area contributed by atoms with E-state index in [0.717, 1.165) is 12.8 Å². The molecule has 2 unspecified atom stereocenters. The molecular weight excluding hydrogens is 261 g/mol. The second-order valence-corrected chi connectivity index (χ2v) is 5.55. The molecule has 5 nitrogen and oxygen atoms in total. The number of carboxylic acid groups (broad SMARTS) is 1. The van der Waals surface area contributed by atoms with Gasteiger partial charge in [-0.05, 0) is 25.2 Å². The van der Waals surface area contributed by atoms with Crippen LogP contribution < -0.4 is 5.32 Å². The summed E-state index contributed by atoms with van der Waals surface area (Å²) in [5.41, 5.74) is -0.829. The van der Waals surface area contributed by atoms with Gasteiger partial charge in [0.1, 0.15) is 11.9 Å². The number of aliphatic carboxylic acids is 1. The maximum Gasteiger partial charge on any atom is 0.329 e. The number of hydrogen-bond acceptors (Lipinski definition) is 4. The summed E-state index contributed by atoms with van der Waals surface area (Å²) in [6.07, 6.45) is 4.49. The first-order chi connectivity index (χ1) is 9.48. The first kappa shape index (κ1) is 14.7. The Morgan fingerprint density at radius 1 is 1.60 bits per heavy atom. The fourth-order valence-corrected chi connectivity index (χ4v) is 2.88. The first-order valence-corrected chi connectivity index (χ1v) is 6.99. The van der Waals surface area contributed by atoms with Gasteiger partial charge in [-0.1, -0.05) is 26.7 Å². The predicted molar refractivity (Wildman–Crippen MR) is 73.0 cm³/mol. The van der Waals surface area contributed by atoms with Crippen molar-refractivity contribution in [2.45, 2.75) is 51.5 Å². The summed E-state index contributed by atoms with van der Waals surface area (Å²) >= 11 is 0. The molecule has 1 saturated carbocycles. The molecule has 0 saturated heterocycles. The fourth-order valence-electron chi connectivity index (χ4n) is 2.88. The number of nitrogens with one attached hydrogen (secondary N) is 1. The Hall–Kier alpha value is -1.72. The van der Waals surface area contributed by atoms with Gasteiger partial charge in [0.25, 0.3) is 0 Å². The molecule has 2 atom stereocenters. The van der Waals surface area contributed by atoms with E-state index < -0.39 is 17.3 Å². The van der Waals surface area contributed by atoms with Gasteiger partial charge < -0.3 is 10.4 Å². The molecule has 1 fully saturated rings. The lowest BCUT2D eigenvalue weighted by molar-refractivity contribution is -0.144. The Morgan fingerprint density at radius 2 is 2.35 bits per heavy atom. The smallest absolute Gasteiger partial charge is 0.329 e. The van der Waals surface area contributed by atoms with E-state index in [-0.39, 0.29) is 5.82 Å². The molecule has 2 rings (SSSR count). The minimum absolute atomic E-state index is 0.00616. The van der Waals surface area contributed by atoms with Crippen LogP contribution >= 0.6 is 0 Å². The monoisotopic (exact) mass is 281 g/mol. The van der Waals surface area contributed by atoms with E-state index in [2.05, 4.69) is 15.3 Å². The van der Waals surface area contributed by atoms with Crippen molar-refractivity contribution in [2.75, 3.05) is 5.32 Å². The van der Waals surface area contributed by atoms with Crippen molar-refractivity contribution >= 4 is 11.8 Å². The standard InChI is InChI=1S/C14H20FN3O2/c1-3-10-11(15)12(17-8-16-10)18-14(13(19)20)6-4-5-9(2)7-14/h8-9H,3-7H2,1-2H3,(H,19,20)(H,16,17,18). The second kappa shape index (κ2) is 5.73. The maximum atomic E-state index is 14.2. The highest BCUT2D eigenvalue weighted by Gasteiger charge is 2.42. The molecule has 6 heteroatoms. The minimum atomic E-state index is -1.13. The van der Waals surface area contributed by atoms with Crippen LogP contribution in [0.4, 0.5) is 10.2 Å². The normalized spacial score (nSPS) is 26.2. The summed E-state index contributed by atoms with van der Waals surface area (Å²) in [6, 6.07) is 0. The minimum Gasteiger partial charge on any atom is -0.480 e. The number of anilines is 1. The molecule has 0 radical (unpaired) electrons. The quantitative estimate of drug-likeness (QED) is 0.887. The van der Waals surface area contributed by atoms with E-state index in [0.29, 0.717) is 30.9 Å². The van der Waals surface area contributed by atoms with Crippen LogP contribution in [0.15, 0.2) is 6.33 Å². The van der Waals surface area contributed by atoms with Gasteiger partial charge in [0.2, 0.25) is 0 Å². The number of carbonyl (C=O) groups is 1. The molecule has 1 aromatic heterocycles. The highest BCUT2D eigenvalue weighted by molar-refractivity contribution is 5.82. The molecule has 0 amide bonds. The first-order valence-electron chi connectivity index (χ1n) is 6.99. The Labute approximate surface area is 117 Å². The lowest BCUT2D eigenvalue weighted by atomic mass is 9.76. The summed E-state index contributed by atoms with van der Waals surface area (Å²) in [6.45, 7) is 3.82. The number of rotatable bonds is 4. The molecule has 1 aromatic rings. The molecule has 110 valence electrons. The van der Waals surface area contributed by atoms with Gasteiger partial charge in [-0.2, -0.15) is 0 Å². The van der Waals surface area contributed by atoms with Crippen molar-refractivity contribution in [2.24, 2.45) is 5.92 Å². The molecule has 1 heterocycles. The highest BCUT2D eigenvalue weighted by atomic mass is 19.1. The van der Waals surface area contributed by atoms with Crippen molar-refractivity contribution in [1.29, 1.82) is 0 Å². The van der Waals surface area contributed by atoms with Crippen LogP contribution in [0.25, 0.3) is 0 Å². The lowest BCUT2D eigenvalue weighted by Crippen LogP contribution is -2.50. The number of aryl methyl sites for hydroxylation is 1.